The molecular weight excluding hydrogens is 378 g/mol. The molecule has 1 aromatic carbocycles. The third kappa shape index (κ3) is 3.89. The van der Waals surface area contributed by atoms with Crippen LogP contribution in [0.4, 0.5) is 0 Å². The molecule has 1 aromatic heterocycles. The maximum atomic E-state index is 12.9. The summed E-state index contributed by atoms with van der Waals surface area (Å²) >= 11 is 8.78. The van der Waals surface area contributed by atoms with Gasteiger partial charge in [0, 0.05) is 19.0 Å². The molecule has 0 saturated heterocycles. The number of hydrogen-bond acceptors (Lipinski definition) is 6. The SMILES string of the molecule is CC(O)=C(C(=O)N(C)C1=NC(c2cnc(Cl)s2)CS1)c1ccccc1. The highest BCUT2D eigenvalue weighted by Gasteiger charge is 2.29. The van der Waals surface area contributed by atoms with Gasteiger partial charge < -0.3 is 5.11 Å². The average molecular weight is 394 g/mol. The first-order chi connectivity index (χ1) is 12.0. The highest BCUT2D eigenvalue weighted by Crippen LogP contribution is 2.35. The molecule has 0 spiro atoms. The molecule has 0 saturated carbocycles. The van der Waals surface area contributed by atoms with Crippen molar-refractivity contribution in [3.8, 4) is 0 Å². The van der Waals surface area contributed by atoms with E-state index in [4.69, 9.17) is 11.6 Å². The van der Waals surface area contributed by atoms with Crippen LogP contribution in [0.3, 0.4) is 0 Å². The second-order valence-electron chi connectivity index (χ2n) is 5.44. The van der Waals surface area contributed by atoms with E-state index >= 15 is 0 Å². The topological polar surface area (TPSA) is 65.8 Å². The normalized spacial score (nSPS) is 17.9. The Morgan fingerprint density at radius 3 is 2.68 bits per heavy atom. The predicted octanol–water partition coefficient (Wildman–Crippen LogP) is 4.39. The zero-order valence-electron chi connectivity index (χ0n) is 13.6. The summed E-state index contributed by atoms with van der Waals surface area (Å²) in [4.78, 5) is 24.0. The third-order valence-electron chi connectivity index (χ3n) is 3.69. The maximum absolute atomic E-state index is 12.9. The van der Waals surface area contributed by atoms with Gasteiger partial charge in [0.1, 0.15) is 5.76 Å². The Morgan fingerprint density at radius 1 is 1.36 bits per heavy atom. The van der Waals surface area contributed by atoms with Crippen LogP contribution in [0.1, 0.15) is 23.4 Å². The van der Waals surface area contributed by atoms with Crippen molar-refractivity contribution in [2.45, 2.75) is 13.0 Å². The molecule has 0 bridgehead atoms. The largest absolute Gasteiger partial charge is 0.512 e. The maximum Gasteiger partial charge on any atom is 0.263 e. The molecule has 1 aliphatic heterocycles. The molecule has 1 amide bonds. The lowest BCUT2D eigenvalue weighted by molar-refractivity contribution is -0.120. The summed E-state index contributed by atoms with van der Waals surface area (Å²) in [5.41, 5.74) is 0.949. The number of halogens is 1. The lowest BCUT2D eigenvalue weighted by atomic mass is 10.0. The van der Waals surface area contributed by atoms with Gasteiger partial charge in [-0.2, -0.15) is 0 Å². The fourth-order valence-corrected chi connectivity index (χ4v) is 4.59. The highest BCUT2D eigenvalue weighted by atomic mass is 35.5. The molecule has 25 heavy (non-hydrogen) atoms. The van der Waals surface area contributed by atoms with E-state index in [-0.39, 0.29) is 23.3 Å². The van der Waals surface area contributed by atoms with Gasteiger partial charge in [-0.3, -0.25) is 14.7 Å². The van der Waals surface area contributed by atoms with E-state index in [1.54, 1.807) is 25.4 Å². The second-order valence-corrected chi connectivity index (χ2v) is 8.08. The minimum absolute atomic E-state index is 0.0163. The monoisotopic (exact) mass is 393 g/mol. The van der Waals surface area contributed by atoms with Gasteiger partial charge in [-0.1, -0.05) is 53.7 Å². The van der Waals surface area contributed by atoms with Crippen LogP contribution in [0.15, 0.2) is 47.3 Å². The predicted molar refractivity (Wildman–Crippen MR) is 104 cm³/mol. The Bertz CT molecular complexity index is 845. The quantitative estimate of drug-likeness (QED) is 0.620. The zero-order chi connectivity index (χ0) is 18.0. The van der Waals surface area contributed by atoms with Gasteiger partial charge in [0.2, 0.25) is 0 Å². The molecule has 0 fully saturated rings. The number of allylic oxidation sites excluding steroid dienone is 1. The number of benzene rings is 1. The zero-order valence-corrected chi connectivity index (χ0v) is 16.0. The van der Waals surface area contributed by atoms with Crippen LogP contribution in [0.25, 0.3) is 5.57 Å². The van der Waals surface area contributed by atoms with Crippen LogP contribution in [0.2, 0.25) is 4.47 Å². The number of aliphatic imine (C=N–C) groups is 1. The van der Waals surface area contributed by atoms with Gasteiger partial charge >= 0.3 is 0 Å². The number of thiazole rings is 1. The molecule has 5 nitrogen and oxygen atoms in total. The Kier molecular flexibility index (Phi) is 5.46. The summed E-state index contributed by atoms with van der Waals surface area (Å²) in [6.45, 7) is 1.51. The molecule has 0 aliphatic carbocycles. The van der Waals surface area contributed by atoms with Gasteiger partial charge in [0.05, 0.1) is 16.5 Å². The van der Waals surface area contributed by atoms with E-state index in [1.807, 2.05) is 18.2 Å². The molecule has 3 rings (SSSR count). The molecule has 8 heteroatoms. The number of carbonyl (C=O) groups excluding carboxylic acids is 1. The van der Waals surface area contributed by atoms with Crippen LogP contribution >= 0.6 is 34.7 Å². The highest BCUT2D eigenvalue weighted by molar-refractivity contribution is 8.14. The van der Waals surface area contributed by atoms with E-state index in [9.17, 15) is 9.90 Å². The van der Waals surface area contributed by atoms with Crippen LogP contribution in [-0.2, 0) is 4.79 Å². The summed E-state index contributed by atoms with van der Waals surface area (Å²) in [6, 6.07) is 9.07. The minimum Gasteiger partial charge on any atom is -0.512 e. The van der Waals surface area contributed by atoms with Crippen LogP contribution < -0.4 is 0 Å². The van der Waals surface area contributed by atoms with Gasteiger partial charge in [-0.25, -0.2) is 4.98 Å². The number of amides is 1. The number of aromatic nitrogens is 1. The van der Waals surface area contributed by atoms with Gasteiger partial charge in [0.15, 0.2) is 9.63 Å². The average Bonchev–Trinajstić information content (AvgIpc) is 3.23. The second kappa shape index (κ2) is 7.59. The molecular formula is C17H16ClN3O2S2. The molecule has 130 valence electrons. The number of thioether (sulfide) groups is 1. The minimum atomic E-state index is -0.291. The van der Waals surface area contributed by atoms with Crippen molar-refractivity contribution in [1.82, 2.24) is 9.88 Å². The Balaban J connectivity index is 1.83. The van der Waals surface area contributed by atoms with Crippen molar-refractivity contribution < 1.29 is 9.90 Å². The van der Waals surface area contributed by atoms with E-state index in [1.165, 1.54) is 34.9 Å². The molecule has 2 heterocycles. The van der Waals surface area contributed by atoms with Crippen LogP contribution in [-0.4, -0.2) is 38.9 Å². The number of amidine groups is 1. The lowest BCUT2D eigenvalue weighted by Gasteiger charge is -2.18. The first-order valence-corrected chi connectivity index (χ1v) is 9.70. The first-order valence-electron chi connectivity index (χ1n) is 7.52. The van der Waals surface area contributed by atoms with Crippen molar-refractivity contribution in [3.05, 3.63) is 57.2 Å². The van der Waals surface area contributed by atoms with Crippen LogP contribution in [0.5, 0.6) is 0 Å². The number of carbonyl (C=O) groups is 1. The number of aliphatic hydroxyl groups excluding tert-OH is 1. The number of hydrogen-bond donors (Lipinski definition) is 1. The van der Waals surface area contributed by atoms with Crippen molar-refractivity contribution >= 4 is 51.3 Å². The number of rotatable bonds is 3. The van der Waals surface area contributed by atoms with E-state index in [2.05, 4.69) is 9.98 Å². The van der Waals surface area contributed by atoms with E-state index < -0.39 is 0 Å². The molecule has 1 N–H and O–H groups in total. The summed E-state index contributed by atoms with van der Waals surface area (Å²) in [7, 11) is 1.67. The number of aliphatic hydroxyl groups is 1. The summed E-state index contributed by atoms with van der Waals surface area (Å²) in [5.74, 6) is 0.423. The van der Waals surface area contributed by atoms with E-state index in [0.29, 0.717) is 15.2 Å². The van der Waals surface area contributed by atoms with Gasteiger partial charge in [0.25, 0.3) is 5.91 Å². The van der Waals surface area contributed by atoms with Crippen molar-refractivity contribution in [2.75, 3.05) is 12.8 Å². The number of nitrogens with zero attached hydrogens (tertiary/aromatic N) is 3. The third-order valence-corrected chi connectivity index (χ3v) is 6.03. The molecule has 1 atom stereocenters. The van der Waals surface area contributed by atoms with Crippen molar-refractivity contribution in [2.24, 2.45) is 4.99 Å². The number of likely N-dealkylation sites (N-methyl/N-ethyl adjacent to an activating group) is 1. The van der Waals surface area contributed by atoms with Gasteiger partial charge in [-0.15, -0.1) is 11.3 Å². The Labute approximate surface area is 159 Å². The lowest BCUT2D eigenvalue weighted by Crippen LogP contribution is -2.31. The van der Waals surface area contributed by atoms with Crippen molar-refractivity contribution in [3.63, 3.8) is 0 Å². The molecule has 1 aliphatic rings. The molecule has 2 aromatic rings. The summed E-state index contributed by atoms with van der Waals surface area (Å²) in [5, 5.41) is 10.6. The van der Waals surface area contributed by atoms with Gasteiger partial charge in [-0.05, 0) is 12.5 Å². The fourth-order valence-electron chi connectivity index (χ4n) is 2.46. The molecule has 1 unspecified atom stereocenters. The van der Waals surface area contributed by atoms with Crippen molar-refractivity contribution in [1.29, 1.82) is 0 Å². The summed E-state index contributed by atoms with van der Waals surface area (Å²) < 4.78 is 0.485. The Morgan fingerprint density at radius 2 is 2.08 bits per heavy atom. The smallest absolute Gasteiger partial charge is 0.263 e. The first kappa shape index (κ1) is 18.0. The van der Waals surface area contributed by atoms with Crippen LogP contribution in [0, 0.1) is 0 Å². The standard InChI is InChI=1S/C17H16ClN3O2S2/c1-10(22)14(11-6-4-3-5-7-11)15(23)21(2)17-20-12(9-24-17)13-8-19-16(18)25-13/h3-8,12,22H,9H2,1-2H3. The Hall–Kier alpha value is -1.83. The molecule has 0 radical (unpaired) electrons. The summed E-state index contributed by atoms with van der Waals surface area (Å²) in [6.07, 6.45) is 1.72. The fraction of sp³-hybridized carbons (Fsp3) is 0.235. The van der Waals surface area contributed by atoms with E-state index in [0.717, 1.165) is 10.6 Å².